The number of hydrogen-bond acceptors (Lipinski definition) is 2. The largest absolute Gasteiger partial charge is 0.496 e. The first-order chi connectivity index (χ1) is 9.61. The van der Waals surface area contributed by atoms with Gasteiger partial charge < -0.3 is 4.74 Å². The monoisotopic (exact) mass is 266 g/mol. The van der Waals surface area contributed by atoms with E-state index in [0.717, 1.165) is 11.1 Å². The standard InChI is InChI=1S/C18H18O2/c1-13-9-10-17(20-3)16(11-13)18(19)14(2)12-15-7-5-4-6-8-15/h4-12H,1-3H3. The van der Waals surface area contributed by atoms with Crippen LogP contribution in [0.5, 0.6) is 5.75 Å². The fraction of sp³-hybridized carbons (Fsp3) is 0.167. The molecule has 0 spiro atoms. The summed E-state index contributed by atoms with van der Waals surface area (Å²) in [6, 6.07) is 15.5. The molecule has 102 valence electrons. The van der Waals surface area contributed by atoms with E-state index in [1.54, 1.807) is 7.11 Å². The van der Waals surface area contributed by atoms with Crippen LogP contribution in [0.2, 0.25) is 0 Å². The minimum absolute atomic E-state index is 0.00518. The summed E-state index contributed by atoms with van der Waals surface area (Å²) in [5, 5.41) is 0. The van der Waals surface area contributed by atoms with Gasteiger partial charge in [-0.05, 0) is 43.2 Å². The normalized spacial score (nSPS) is 11.2. The first kappa shape index (κ1) is 14.1. The zero-order valence-electron chi connectivity index (χ0n) is 12.0. The zero-order chi connectivity index (χ0) is 14.5. The molecule has 0 N–H and O–H groups in total. The summed E-state index contributed by atoms with van der Waals surface area (Å²) in [4.78, 5) is 12.5. The van der Waals surface area contributed by atoms with Crippen LogP contribution in [-0.2, 0) is 0 Å². The van der Waals surface area contributed by atoms with Crippen LogP contribution in [0.4, 0.5) is 0 Å². The molecule has 2 aromatic carbocycles. The number of ether oxygens (including phenoxy) is 1. The first-order valence-corrected chi connectivity index (χ1v) is 6.54. The molecule has 0 aliphatic carbocycles. The van der Waals surface area contributed by atoms with Crippen LogP contribution in [0.3, 0.4) is 0 Å². The summed E-state index contributed by atoms with van der Waals surface area (Å²) in [5.74, 6) is 0.607. The second-order valence-electron chi connectivity index (χ2n) is 4.77. The van der Waals surface area contributed by atoms with Crippen molar-refractivity contribution in [2.45, 2.75) is 13.8 Å². The predicted octanol–water partition coefficient (Wildman–Crippen LogP) is 4.29. The van der Waals surface area contributed by atoms with Crippen molar-refractivity contribution in [1.29, 1.82) is 0 Å². The van der Waals surface area contributed by atoms with Gasteiger partial charge in [0.05, 0.1) is 12.7 Å². The molecule has 20 heavy (non-hydrogen) atoms. The molecular weight excluding hydrogens is 248 g/mol. The molecule has 2 nitrogen and oxygen atoms in total. The summed E-state index contributed by atoms with van der Waals surface area (Å²) >= 11 is 0. The van der Waals surface area contributed by atoms with Gasteiger partial charge in [-0.3, -0.25) is 4.79 Å². The van der Waals surface area contributed by atoms with Crippen molar-refractivity contribution in [3.8, 4) is 5.75 Å². The first-order valence-electron chi connectivity index (χ1n) is 6.54. The third-order valence-corrected chi connectivity index (χ3v) is 3.14. The number of carbonyl (C=O) groups excluding carboxylic acids is 1. The predicted molar refractivity (Wildman–Crippen MR) is 82.2 cm³/mol. The maximum Gasteiger partial charge on any atom is 0.192 e. The lowest BCUT2D eigenvalue weighted by Gasteiger charge is -2.09. The molecule has 2 aromatic rings. The fourth-order valence-electron chi connectivity index (χ4n) is 2.08. The second-order valence-corrected chi connectivity index (χ2v) is 4.77. The van der Waals surface area contributed by atoms with Gasteiger partial charge in [-0.1, -0.05) is 42.0 Å². The summed E-state index contributed by atoms with van der Waals surface area (Å²) in [6.07, 6.45) is 1.89. The highest BCUT2D eigenvalue weighted by molar-refractivity contribution is 6.12. The second kappa shape index (κ2) is 6.20. The van der Waals surface area contributed by atoms with Gasteiger partial charge in [0.2, 0.25) is 0 Å². The molecule has 0 fully saturated rings. The number of ketones is 1. The Balaban J connectivity index is 2.36. The van der Waals surface area contributed by atoms with E-state index in [1.807, 2.05) is 68.5 Å². The SMILES string of the molecule is COc1ccc(C)cc1C(=O)C(C)=Cc1ccccc1. The summed E-state index contributed by atoms with van der Waals surface area (Å²) in [5.41, 5.74) is 3.36. The van der Waals surface area contributed by atoms with Crippen molar-refractivity contribution in [3.05, 3.63) is 70.8 Å². The van der Waals surface area contributed by atoms with Crippen LogP contribution in [0.1, 0.15) is 28.4 Å². The Kier molecular flexibility index (Phi) is 4.36. The van der Waals surface area contributed by atoms with E-state index in [2.05, 4.69) is 0 Å². The highest BCUT2D eigenvalue weighted by Crippen LogP contribution is 2.23. The smallest absolute Gasteiger partial charge is 0.192 e. The Morgan fingerprint density at radius 3 is 2.45 bits per heavy atom. The summed E-state index contributed by atoms with van der Waals surface area (Å²) in [6.45, 7) is 3.80. The summed E-state index contributed by atoms with van der Waals surface area (Å²) < 4.78 is 5.27. The third kappa shape index (κ3) is 3.15. The van der Waals surface area contributed by atoms with Crippen LogP contribution in [0.25, 0.3) is 6.08 Å². The van der Waals surface area contributed by atoms with Gasteiger partial charge in [0.15, 0.2) is 5.78 Å². The van der Waals surface area contributed by atoms with Gasteiger partial charge in [-0.15, -0.1) is 0 Å². The molecule has 0 saturated heterocycles. The maximum absolute atomic E-state index is 12.5. The lowest BCUT2D eigenvalue weighted by molar-refractivity contribution is 0.103. The molecular formula is C18H18O2. The minimum atomic E-state index is -0.00518. The number of allylic oxidation sites excluding steroid dienone is 1. The Labute approximate surface area is 119 Å². The fourth-order valence-corrected chi connectivity index (χ4v) is 2.08. The zero-order valence-corrected chi connectivity index (χ0v) is 12.0. The molecule has 0 saturated carbocycles. The number of rotatable bonds is 4. The van der Waals surface area contributed by atoms with Crippen molar-refractivity contribution >= 4 is 11.9 Å². The van der Waals surface area contributed by atoms with Crippen molar-refractivity contribution in [3.63, 3.8) is 0 Å². The highest BCUT2D eigenvalue weighted by atomic mass is 16.5. The Bertz CT molecular complexity index is 640. The van der Waals surface area contributed by atoms with Gasteiger partial charge in [0, 0.05) is 0 Å². The van der Waals surface area contributed by atoms with Crippen LogP contribution in [0, 0.1) is 6.92 Å². The number of carbonyl (C=O) groups is 1. The van der Waals surface area contributed by atoms with Gasteiger partial charge >= 0.3 is 0 Å². The molecule has 0 radical (unpaired) electrons. The molecule has 0 aliphatic rings. The van der Waals surface area contributed by atoms with Crippen molar-refractivity contribution in [1.82, 2.24) is 0 Å². The molecule has 0 atom stereocenters. The molecule has 0 heterocycles. The Morgan fingerprint density at radius 2 is 1.80 bits per heavy atom. The Morgan fingerprint density at radius 1 is 1.10 bits per heavy atom. The summed E-state index contributed by atoms with van der Waals surface area (Å²) in [7, 11) is 1.58. The topological polar surface area (TPSA) is 26.3 Å². The number of aryl methyl sites for hydroxylation is 1. The van der Waals surface area contributed by atoms with Crippen LogP contribution >= 0.6 is 0 Å². The van der Waals surface area contributed by atoms with Crippen molar-refractivity contribution in [2.24, 2.45) is 0 Å². The van der Waals surface area contributed by atoms with Crippen LogP contribution in [-0.4, -0.2) is 12.9 Å². The molecule has 2 rings (SSSR count). The maximum atomic E-state index is 12.5. The van der Waals surface area contributed by atoms with E-state index >= 15 is 0 Å². The molecule has 2 heteroatoms. The quantitative estimate of drug-likeness (QED) is 0.609. The molecule has 0 amide bonds. The van der Waals surface area contributed by atoms with Gasteiger partial charge in [-0.2, -0.15) is 0 Å². The van der Waals surface area contributed by atoms with E-state index in [0.29, 0.717) is 16.9 Å². The van der Waals surface area contributed by atoms with E-state index in [9.17, 15) is 4.79 Å². The van der Waals surface area contributed by atoms with Crippen LogP contribution in [0.15, 0.2) is 54.1 Å². The van der Waals surface area contributed by atoms with E-state index in [1.165, 1.54) is 0 Å². The Hall–Kier alpha value is -2.35. The molecule has 0 aromatic heterocycles. The van der Waals surface area contributed by atoms with Gasteiger partial charge in [-0.25, -0.2) is 0 Å². The lowest BCUT2D eigenvalue weighted by atomic mass is 10.00. The molecule has 0 bridgehead atoms. The van der Waals surface area contributed by atoms with E-state index in [4.69, 9.17) is 4.74 Å². The van der Waals surface area contributed by atoms with E-state index in [-0.39, 0.29) is 5.78 Å². The van der Waals surface area contributed by atoms with Crippen molar-refractivity contribution in [2.75, 3.05) is 7.11 Å². The lowest BCUT2D eigenvalue weighted by Crippen LogP contribution is -2.04. The number of hydrogen-bond donors (Lipinski definition) is 0. The minimum Gasteiger partial charge on any atom is -0.496 e. The highest BCUT2D eigenvalue weighted by Gasteiger charge is 2.14. The van der Waals surface area contributed by atoms with Gasteiger partial charge in [0.1, 0.15) is 5.75 Å². The average molecular weight is 266 g/mol. The third-order valence-electron chi connectivity index (χ3n) is 3.14. The van der Waals surface area contributed by atoms with Crippen LogP contribution < -0.4 is 4.74 Å². The number of methoxy groups -OCH3 is 1. The molecule has 0 unspecified atom stereocenters. The van der Waals surface area contributed by atoms with Crippen molar-refractivity contribution < 1.29 is 9.53 Å². The number of benzene rings is 2. The van der Waals surface area contributed by atoms with Gasteiger partial charge in [0.25, 0.3) is 0 Å². The number of Topliss-reactive ketones (excluding diaryl/α,β-unsaturated/α-hetero) is 1. The average Bonchev–Trinajstić information content (AvgIpc) is 2.47. The molecule has 0 aliphatic heterocycles. The van der Waals surface area contributed by atoms with E-state index < -0.39 is 0 Å².